The highest BCUT2D eigenvalue weighted by molar-refractivity contribution is 5.75. The predicted molar refractivity (Wildman–Crippen MR) is 80.6 cm³/mol. The minimum atomic E-state index is -0.279. The van der Waals surface area contributed by atoms with E-state index < -0.39 is 0 Å². The average molecular weight is 292 g/mol. The molecule has 6 nitrogen and oxygen atoms in total. The highest BCUT2D eigenvalue weighted by Crippen LogP contribution is 2.27. The smallest absolute Gasteiger partial charge is 0.287 e. The van der Waals surface area contributed by atoms with Crippen LogP contribution in [0.25, 0.3) is 0 Å². The fourth-order valence-corrected chi connectivity index (χ4v) is 2.33. The summed E-state index contributed by atoms with van der Waals surface area (Å²) in [4.78, 5) is 3.85. The first-order valence-electron chi connectivity index (χ1n) is 6.91. The summed E-state index contributed by atoms with van der Waals surface area (Å²) < 4.78 is 0. The fourth-order valence-electron chi connectivity index (χ4n) is 2.33. The van der Waals surface area contributed by atoms with E-state index in [1.807, 2.05) is 60.7 Å². The molecular formula is C16H14N5O-. The Morgan fingerprint density at radius 1 is 1.00 bits per heavy atom. The summed E-state index contributed by atoms with van der Waals surface area (Å²) in [5, 5.41) is 25.2. The molecule has 3 aromatic rings. The molecule has 3 rings (SSSR count). The third-order valence-corrected chi connectivity index (χ3v) is 3.34. The number of H-pyrrole nitrogens is 1. The summed E-state index contributed by atoms with van der Waals surface area (Å²) in [6.45, 7) is 0. The second kappa shape index (κ2) is 6.62. The van der Waals surface area contributed by atoms with Gasteiger partial charge in [0.15, 0.2) is 0 Å². The lowest BCUT2D eigenvalue weighted by molar-refractivity contribution is -0.218. The highest BCUT2D eigenvalue weighted by atomic mass is 16.3. The molecule has 0 unspecified atom stereocenters. The van der Waals surface area contributed by atoms with Crippen molar-refractivity contribution < 1.29 is 5.11 Å². The number of aromatic nitrogens is 4. The van der Waals surface area contributed by atoms with Crippen LogP contribution in [-0.4, -0.2) is 26.5 Å². The Bertz CT molecular complexity index is 686. The van der Waals surface area contributed by atoms with Gasteiger partial charge in [0.1, 0.15) is 0 Å². The first kappa shape index (κ1) is 13.9. The number of aliphatic imine (C=N–C) groups is 1. The Morgan fingerprint density at radius 3 is 2.09 bits per heavy atom. The largest absolute Gasteiger partial charge is 0.862 e. The normalized spacial score (nSPS) is 11.8. The molecular weight excluding hydrogens is 278 g/mol. The second-order valence-electron chi connectivity index (χ2n) is 4.80. The van der Waals surface area contributed by atoms with Crippen molar-refractivity contribution in [2.75, 3.05) is 0 Å². The maximum Gasteiger partial charge on any atom is 0.287 e. The van der Waals surface area contributed by atoms with Gasteiger partial charge in [-0.25, -0.2) is 4.99 Å². The fraction of sp³-hybridized carbons (Fsp3) is 0.125. The molecule has 110 valence electrons. The number of hydrogen-bond acceptors (Lipinski definition) is 5. The summed E-state index contributed by atoms with van der Waals surface area (Å²) in [5.74, 6) is -0.269. The Kier molecular flexibility index (Phi) is 4.20. The quantitative estimate of drug-likeness (QED) is 0.573. The van der Waals surface area contributed by atoms with Crippen LogP contribution in [0.3, 0.4) is 0 Å². The summed E-state index contributed by atoms with van der Waals surface area (Å²) >= 11 is 0. The van der Waals surface area contributed by atoms with Crippen molar-refractivity contribution in [1.82, 2.24) is 20.6 Å². The molecule has 0 aliphatic heterocycles. The van der Waals surface area contributed by atoms with Gasteiger partial charge < -0.3 is 5.11 Å². The molecule has 1 heterocycles. The van der Waals surface area contributed by atoms with Crippen LogP contribution >= 0.6 is 0 Å². The van der Waals surface area contributed by atoms with Gasteiger partial charge in [0.25, 0.3) is 5.95 Å². The number of benzene rings is 2. The van der Waals surface area contributed by atoms with Crippen molar-refractivity contribution in [3.05, 3.63) is 71.8 Å². The molecule has 0 fully saturated rings. The summed E-state index contributed by atoms with van der Waals surface area (Å²) in [6.07, 6.45) is 0.253. The molecule has 2 aromatic carbocycles. The standard InChI is InChI=1S/C16H15N5O/c22-15(17-16-18-20-21-19-16)11-14(12-7-3-1-4-8-12)13-9-5-2-6-10-13/h1-10,14H,11H2,(H2,17,18,19,20,21,22)/p-1. The van der Waals surface area contributed by atoms with E-state index in [1.165, 1.54) is 0 Å². The molecule has 0 spiro atoms. The Hall–Kier alpha value is -3.02. The number of hydrogen-bond donors (Lipinski definition) is 1. The van der Waals surface area contributed by atoms with Crippen LogP contribution in [0.1, 0.15) is 23.5 Å². The number of nitrogens with zero attached hydrogens (tertiary/aromatic N) is 4. The van der Waals surface area contributed by atoms with Gasteiger partial charge in [-0.05, 0) is 28.7 Å². The van der Waals surface area contributed by atoms with Gasteiger partial charge in [-0.3, -0.25) is 0 Å². The van der Waals surface area contributed by atoms with Crippen molar-refractivity contribution in [2.24, 2.45) is 4.99 Å². The van der Waals surface area contributed by atoms with Crippen LogP contribution < -0.4 is 5.11 Å². The van der Waals surface area contributed by atoms with Crippen LogP contribution in [-0.2, 0) is 0 Å². The first-order valence-corrected chi connectivity index (χ1v) is 6.91. The molecule has 0 aliphatic rings. The van der Waals surface area contributed by atoms with Gasteiger partial charge in [-0.1, -0.05) is 65.8 Å². The van der Waals surface area contributed by atoms with Crippen molar-refractivity contribution >= 4 is 11.8 Å². The van der Waals surface area contributed by atoms with E-state index in [-0.39, 0.29) is 24.2 Å². The van der Waals surface area contributed by atoms with Crippen LogP contribution in [0.2, 0.25) is 0 Å². The lowest BCUT2D eigenvalue weighted by Crippen LogP contribution is -2.21. The third-order valence-electron chi connectivity index (χ3n) is 3.34. The van der Waals surface area contributed by atoms with Crippen molar-refractivity contribution in [2.45, 2.75) is 12.3 Å². The van der Waals surface area contributed by atoms with Crippen LogP contribution in [0, 0.1) is 0 Å². The van der Waals surface area contributed by atoms with Gasteiger partial charge >= 0.3 is 0 Å². The predicted octanol–water partition coefficient (Wildman–Crippen LogP) is 1.81. The maximum absolute atomic E-state index is 12.2. The molecule has 0 amide bonds. The SMILES string of the molecule is [O-]C(CC(c1ccccc1)c1ccccc1)=Nc1nn[nH]n1. The summed E-state index contributed by atoms with van der Waals surface area (Å²) in [6, 6.07) is 19.8. The number of tetrazole rings is 1. The highest BCUT2D eigenvalue weighted by Gasteiger charge is 2.13. The van der Waals surface area contributed by atoms with Crippen molar-refractivity contribution in [1.29, 1.82) is 0 Å². The van der Waals surface area contributed by atoms with Crippen LogP contribution in [0.4, 0.5) is 5.95 Å². The average Bonchev–Trinajstić information content (AvgIpc) is 3.07. The molecule has 0 bridgehead atoms. The molecule has 0 atom stereocenters. The lowest BCUT2D eigenvalue weighted by atomic mass is 9.88. The molecule has 1 N–H and O–H groups in total. The zero-order valence-electron chi connectivity index (χ0n) is 11.8. The van der Waals surface area contributed by atoms with E-state index in [1.54, 1.807) is 0 Å². The van der Waals surface area contributed by atoms with E-state index >= 15 is 0 Å². The van der Waals surface area contributed by atoms with Gasteiger partial charge in [0.2, 0.25) is 0 Å². The number of aromatic amines is 1. The molecule has 22 heavy (non-hydrogen) atoms. The topological polar surface area (TPSA) is 89.9 Å². The number of rotatable bonds is 5. The van der Waals surface area contributed by atoms with Crippen molar-refractivity contribution in [3.8, 4) is 0 Å². The minimum absolute atomic E-state index is 0.0504. The molecule has 0 radical (unpaired) electrons. The minimum Gasteiger partial charge on any atom is -0.862 e. The Labute approximate surface area is 127 Å². The van der Waals surface area contributed by atoms with Gasteiger partial charge in [0, 0.05) is 5.92 Å². The molecule has 6 heteroatoms. The van der Waals surface area contributed by atoms with E-state index in [4.69, 9.17) is 0 Å². The Balaban J connectivity index is 1.89. The van der Waals surface area contributed by atoms with Gasteiger partial charge in [0.05, 0.1) is 0 Å². The maximum atomic E-state index is 12.2. The molecule has 1 aromatic heterocycles. The van der Waals surface area contributed by atoms with Crippen LogP contribution in [0.15, 0.2) is 65.7 Å². The molecule has 0 aliphatic carbocycles. The van der Waals surface area contributed by atoms with E-state index in [0.717, 1.165) is 11.1 Å². The Morgan fingerprint density at radius 2 is 1.59 bits per heavy atom. The zero-order chi connectivity index (χ0) is 15.2. The van der Waals surface area contributed by atoms with Gasteiger partial charge in [-0.15, -0.1) is 5.10 Å². The summed E-state index contributed by atoms with van der Waals surface area (Å²) in [7, 11) is 0. The third kappa shape index (κ3) is 3.35. The first-order chi connectivity index (χ1) is 10.8. The lowest BCUT2D eigenvalue weighted by Gasteiger charge is -2.21. The molecule has 0 saturated heterocycles. The van der Waals surface area contributed by atoms with Crippen LogP contribution in [0.5, 0.6) is 0 Å². The zero-order valence-corrected chi connectivity index (χ0v) is 11.8. The van der Waals surface area contributed by atoms with Gasteiger partial charge in [-0.2, -0.15) is 5.21 Å². The molecule has 0 saturated carbocycles. The van der Waals surface area contributed by atoms with Crippen molar-refractivity contribution in [3.63, 3.8) is 0 Å². The number of nitrogens with one attached hydrogen (secondary N) is 1. The van der Waals surface area contributed by atoms with E-state index in [0.29, 0.717) is 0 Å². The summed E-state index contributed by atoms with van der Waals surface area (Å²) in [5.41, 5.74) is 2.15. The monoisotopic (exact) mass is 292 g/mol. The van der Waals surface area contributed by atoms with E-state index in [9.17, 15) is 5.11 Å². The van der Waals surface area contributed by atoms with E-state index in [2.05, 4.69) is 25.6 Å². The second-order valence-corrected chi connectivity index (χ2v) is 4.80.